The summed E-state index contributed by atoms with van der Waals surface area (Å²) in [6.07, 6.45) is 8.65. The lowest BCUT2D eigenvalue weighted by atomic mass is 9.73. The average molecular weight is 480 g/mol. The number of pyridine rings is 2. The number of hydrogen-bond acceptors (Lipinski definition) is 4. The van der Waals surface area contributed by atoms with Crippen LogP contribution in [0.5, 0.6) is 0 Å². The zero-order valence-corrected chi connectivity index (χ0v) is 20.8. The van der Waals surface area contributed by atoms with Crippen LogP contribution >= 0.6 is 23.4 Å². The molecule has 0 aliphatic heterocycles. The smallest absolute Gasteiger partial charge is 0.270 e. The predicted octanol–water partition coefficient (Wildman–Crippen LogP) is 6.42. The molecule has 0 saturated carbocycles. The average Bonchev–Trinajstić information content (AvgIpc) is 3.10. The van der Waals surface area contributed by atoms with Crippen LogP contribution in [0, 0.1) is 5.41 Å². The van der Waals surface area contributed by atoms with Crippen LogP contribution in [-0.4, -0.2) is 9.55 Å². The molecular formula is C27H30ClN3OS. The van der Waals surface area contributed by atoms with Gasteiger partial charge in [0.2, 0.25) is 0 Å². The number of benzene rings is 1. The van der Waals surface area contributed by atoms with Crippen LogP contribution in [0.2, 0.25) is 5.02 Å². The largest absolute Gasteiger partial charge is 0.323 e. The lowest BCUT2D eigenvalue weighted by molar-refractivity contribution is 0.206. The van der Waals surface area contributed by atoms with Gasteiger partial charge in [-0.15, -0.1) is 0 Å². The van der Waals surface area contributed by atoms with Gasteiger partial charge in [0.05, 0.1) is 5.69 Å². The van der Waals surface area contributed by atoms with Crippen molar-refractivity contribution in [3.8, 4) is 0 Å². The summed E-state index contributed by atoms with van der Waals surface area (Å²) in [6, 6.07) is 14.5. The summed E-state index contributed by atoms with van der Waals surface area (Å²) in [4.78, 5) is 18.3. The molecule has 1 aliphatic rings. The van der Waals surface area contributed by atoms with Crippen molar-refractivity contribution in [3.05, 3.63) is 93.6 Å². The Labute approximate surface area is 204 Å². The van der Waals surface area contributed by atoms with Gasteiger partial charge in [0.1, 0.15) is 5.02 Å². The van der Waals surface area contributed by atoms with Crippen LogP contribution < -0.4 is 11.3 Å². The summed E-state index contributed by atoms with van der Waals surface area (Å²) in [5.74, 6) is 0. The molecule has 4 nitrogen and oxygen atoms in total. The van der Waals surface area contributed by atoms with Crippen molar-refractivity contribution in [2.75, 3.05) is 0 Å². The molecule has 2 N–H and O–H groups in total. The number of fused-ring (bicyclic) bond motifs is 1. The molecule has 0 fully saturated rings. The van der Waals surface area contributed by atoms with Crippen molar-refractivity contribution < 1.29 is 0 Å². The number of nitrogens with zero attached hydrogens (tertiary/aromatic N) is 2. The van der Waals surface area contributed by atoms with E-state index in [2.05, 4.69) is 42.8 Å². The molecule has 1 aromatic carbocycles. The number of halogens is 1. The van der Waals surface area contributed by atoms with Gasteiger partial charge in [-0.25, -0.2) is 0 Å². The van der Waals surface area contributed by atoms with Gasteiger partial charge in [-0.05, 0) is 66.0 Å². The van der Waals surface area contributed by atoms with Crippen molar-refractivity contribution in [3.63, 3.8) is 0 Å². The fourth-order valence-electron chi connectivity index (χ4n) is 4.89. The molecule has 0 saturated heterocycles. The van der Waals surface area contributed by atoms with Crippen LogP contribution in [-0.2, 0) is 13.5 Å². The second kappa shape index (κ2) is 9.88. The predicted molar refractivity (Wildman–Crippen MR) is 138 cm³/mol. The molecule has 0 spiro atoms. The Balaban J connectivity index is 1.44. The highest BCUT2D eigenvalue weighted by atomic mass is 35.5. The molecule has 0 bridgehead atoms. The third kappa shape index (κ3) is 4.81. The van der Waals surface area contributed by atoms with E-state index >= 15 is 0 Å². The zero-order valence-electron chi connectivity index (χ0n) is 19.2. The Morgan fingerprint density at radius 2 is 2.06 bits per heavy atom. The molecule has 6 heteroatoms. The molecule has 3 aromatic rings. The summed E-state index contributed by atoms with van der Waals surface area (Å²) < 4.78 is 1.47. The van der Waals surface area contributed by atoms with Gasteiger partial charge in [0, 0.05) is 35.3 Å². The maximum Gasteiger partial charge on any atom is 0.270 e. The molecule has 0 radical (unpaired) electrons. The minimum absolute atomic E-state index is 0.0662. The van der Waals surface area contributed by atoms with E-state index in [0.717, 1.165) is 53.2 Å². The Hall–Kier alpha value is -2.34. The summed E-state index contributed by atoms with van der Waals surface area (Å²) in [5.41, 5.74) is 11.3. The number of hydrogen-bond donors (Lipinski definition) is 1. The van der Waals surface area contributed by atoms with Crippen LogP contribution in [0.3, 0.4) is 0 Å². The summed E-state index contributed by atoms with van der Waals surface area (Å²) in [5, 5.41) is 0.230. The van der Waals surface area contributed by atoms with E-state index in [9.17, 15) is 4.79 Å². The van der Waals surface area contributed by atoms with E-state index in [1.54, 1.807) is 13.2 Å². The number of aryl methyl sites for hydroxylation is 1. The quantitative estimate of drug-likeness (QED) is 0.405. The first-order valence-corrected chi connectivity index (χ1v) is 12.5. The summed E-state index contributed by atoms with van der Waals surface area (Å²) in [7, 11) is 1.69. The lowest BCUT2D eigenvalue weighted by Crippen LogP contribution is -2.31. The maximum atomic E-state index is 12.1. The first kappa shape index (κ1) is 23.8. The second-order valence-corrected chi connectivity index (χ2v) is 10.5. The Bertz CT molecular complexity index is 1220. The molecule has 172 valence electrons. The van der Waals surface area contributed by atoms with Crippen molar-refractivity contribution in [1.82, 2.24) is 9.55 Å². The van der Waals surface area contributed by atoms with Crippen molar-refractivity contribution >= 4 is 28.9 Å². The zero-order chi connectivity index (χ0) is 23.6. The van der Waals surface area contributed by atoms with Crippen molar-refractivity contribution in [1.29, 1.82) is 0 Å². The lowest BCUT2D eigenvalue weighted by Gasteiger charge is -2.34. The van der Waals surface area contributed by atoms with E-state index in [1.165, 1.54) is 27.5 Å². The summed E-state index contributed by atoms with van der Waals surface area (Å²) in [6.45, 7) is 6.56. The molecular weight excluding hydrogens is 450 g/mol. The van der Waals surface area contributed by atoms with Gasteiger partial charge >= 0.3 is 0 Å². The third-order valence-electron chi connectivity index (χ3n) is 6.77. The highest BCUT2D eigenvalue weighted by Gasteiger charge is 2.42. The van der Waals surface area contributed by atoms with Crippen LogP contribution in [0.1, 0.15) is 55.5 Å². The number of aromatic nitrogens is 2. The molecule has 0 amide bonds. The minimum atomic E-state index is -0.201. The number of nitrogens with two attached hydrogens (primary N) is 1. The summed E-state index contributed by atoms with van der Waals surface area (Å²) >= 11 is 7.66. The fourth-order valence-corrected chi connectivity index (χ4v) is 6.01. The van der Waals surface area contributed by atoms with Crippen molar-refractivity contribution in [2.24, 2.45) is 18.2 Å². The topological polar surface area (TPSA) is 60.9 Å². The minimum Gasteiger partial charge on any atom is -0.323 e. The fraction of sp³-hybridized carbons (Fsp3) is 0.333. The van der Waals surface area contributed by atoms with Gasteiger partial charge in [0.25, 0.3) is 5.56 Å². The standard InChI is InChI=1S/C27H30ClN3OS/c1-4-13-27(16-19-7-5-6-8-21(19)25(27)29)14-11-18(2)22-10-9-20(17-30-22)33-23-12-15-31(3)26(32)24(23)28/h5-10,12,15,17,25H,2,4,11,13-14,16,29H2,1,3H3/t25-,27?/m1/s1. The van der Waals surface area contributed by atoms with E-state index < -0.39 is 0 Å². The first-order chi connectivity index (χ1) is 15.8. The molecule has 4 rings (SSSR count). The first-order valence-electron chi connectivity index (χ1n) is 11.4. The number of allylic oxidation sites excluding steroid dienone is 1. The molecule has 2 atom stereocenters. The Kier molecular flexibility index (Phi) is 7.13. The van der Waals surface area contributed by atoms with Crippen LogP contribution in [0.15, 0.2) is 76.0 Å². The highest BCUT2D eigenvalue weighted by Crippen LogP contribution is 2.51. The van der Waals surface area contributed by atoms with Crippen LogP contribution in [0.4, 0.5) is 0 Å². The van der Waals surface area contributed by atoms with Gasteiger partial charge < -0.3 is 10.3 Å². The Morgan fingerprint density at radius 1 is 1.27 bits per heavy atom. The molecule has 2 heterocycles. The van der Waals surface area contributed by atoms with Gasteiger partial charge in [0.15, 0.2) is 0 Å². The van der Waals surface area contributed by atoms with Gasteiger partial charge in [-0.3, -0.25) is 9.78 Å². The van der Waals surface area contributed by atoms with E-state index in [-0.39, 0.29) is 22.0 Å². The number of rotatable bonds is 8. The highest BCUT2D eigenvalue weighted by molar-refractivity contribution is 7.99. The van der Waals surface area contributed by atoms with E-state index in [1.807, 2.05) is 24.4 Å². The van der Waals surface area contributed by atoms with Crippen molar-refractivity contribution in [2.45, 2.75) is 54.9 Å². The van der Waals surface area contributed by atoms with Gasteiger partial charge in [-0.2, -0.15) is 0 Å². The van der Waals surface area contributed by atoms with Crippen LogP contribution in [0.25, 0.3) is 5.57 Å². The van der Waals surface area contributed by atoms with Gasteiger partial charge in [-0.1, -0.05) is 67.6 Å². The molecule has 33 heavy (non-hydrogen) atoms. The normalized spacial score (nSPS) is 19.5. The maximum absolute atomic E-state index is 12.1. The second-order valence-electron chi connectivity index (χ2n) is 8.96. The molecule has 1 aliphatic carbocycles. The Morgan fingerprint density at radius 3 is 2.76 bits per heavy atom. The van der Waals surface area contributed by atoms with E-state index in [0.29, 0.717) is 0 Å². The van der Waals surface area contributed by atoms with E-state index in [4.69, 9.17) is 17.3 Å². The molecule has 1 unspecified atom stereocenters. The third-order valence-corrected chi connectivity index (χ3v) is 8.28. The SMILES string of the molecule is C=C(CCC1(CCC)Cc2ccccc2[C@H]1N)c1ccc(Sc2ccn(C)c(=O)c2Cl)cn1. The monoisotopic (exact) mass is 479 g/mol. The molecule has 2 aromatic heterocycles.